The first-order chi connectivity index (χ1) is 13.3. The van der Waals surface area contributed by atoms with Crippen molar-refractivity contribution in [3.8, 4) is 0 Å². The average molecular weight is 389 g/mol. The third-order valence-corrected chi connectivity index (χ3v) is 4.92. The van der Waals surface area contributed by atoms with E-state index in [1.807, 2.05) is 0 Å². The molecule has 0 radical (unpaired) electrons. The van der Waals surface area contributed by atoms with Gasteiger partial charge in [0, 0.05) is 37.3 Å². The van der Waals surface area contributed by atoms with E-state index in [1.54, 1.807) is 0 Å². The summed E-state index contributed by atoms with van der Waals surface area (Å²) in [6, 6.07) is 3.85. The second-order valence-electron chi connectivity index (χ2n) is 7.32. The number of nitro groups is 1. The molecule has 0 bridgehead atoms. The number of hydrogen-bond acceptors (Lipinski definition) is 7. The molecular weight excluding hydrogens is 366 g/mol. The number of aromatic nitrogens is 2. The zero-order valence-corrected chi connectivity index (χ0v) is 15.9. The molecule has 1 amide bonds. The van der Waals surface area contributed by atoms with Crippen LogP contribution in [0.3, 0.4) is 0 Å². The maximum atomic E-state index is 12.5. The number of carbonyl (C=O) groups excluding carboxylic acids is 1. The number of amides is 1. The Labute approximate surface area is 161 Å². The van der Waals surface area contributed by atoms with Crippen LogP contribution in [0.25, 0.3) is 10.9 Å². The predicted molar refractivity (Wildman–Crippen MR) is 102 cm³/mol. The molecule has 1 N–H and O–H groups in total. The summed E-state index contributed by atoms with van der Waals surface area (Å²) in [5.41, 5.74) is -0.558. The third kappa shape index (κ3) is 4.34. The van der Waals surface area contributed by atoms with Crippen LogP contribution in [0.5, 0.6) is 0 Å². The molecule has 0 aliphatic carbocycles. The molecule has 28 heavy (non-hydrogen) atoms. The average Bonchev–Trinajstić information content (AvgIpc) is 2.69. The van der Waals surface area contributed by atoms with E-state index in [1.165, 1.54) is 29.1 Å². The Kier molecular flexibility index (Phi) is 5.71. The Bertz CT molecular complexity index is 949. The smallest absolute Gasteiger partial charge is 0.271 e. The number of non-ortho nitro benzene ring substituents is 1. The number of benzene rings is 1. The standard InChI is InChI=1S/C18H23N5O5/c1-18(2,22-5-7-28-8-6-22)11-19-16(24)10-21-12-20-15-9-13(23(26)27)3-4-14(15)17(21)25/h3-4,9,12H,5-8,10-11H2,1-2H3,(H,19,24). The van der Waals surface area contributed by atoms with Crippen LogP contribution in [0.4, 0.5) is 5.69 Å². The zero-order valence-electron chi connectivity index (χ0n) is 15.9. The number of ether oxygens (including phenoxy) is 1. The highest BCUT2D eigenvalue weighted by Gasteiger charge is 2.28. The summed E-state index contributed by atoms with van der Waals surface area (Å²) in [7, 11) is 0. The number of carbonyl (C=O) groups is 1. The van der Waals surface area contributed by atoms with E-state index in [2.05, 4.69) is 29.0 Å². The van der Waals surface area contributed by atoms with Crippen molar-refractivity contribution in [3.63, 3.8) is 0 Å². The summed E-state index contributed by atoms with van der Waals surface area (Å²) < 4.78 is 6.56. The summed E-state index contributed by atoms with van der Waals surface area (Å²) in [6.45, 7) is 7.34. The van der Waals surface area contributed by atoms with Gasteiger partial charge in [-0.05, 0) is 19.9 Å². The second kappa shape index (κ2) is 8.03. The number of nitrogens with zero attached hydrogens (tertiary/aromatic N) is 4. The number of hydrogen-bond donors (Lipinski definition) is 1. The highest BCUT2D eigenvalue weighted by molar-refractivity contribution is 5.80. The molecular formula is C18H23N5O5. The highest BCUT2D eigenvalue weighted by Crippen LogP contribution is 2.17. The molecule has 0 unspecified atom stereocenters. The van der Waals surface area contributed by atoms with Crippen LogP contribution < -0.4 is 10.9 Å². The van der Waals surface area contributed by atoms with Gasteiger partial charge in [-0.3, -0.25) is 29.2 Å². The van der Waals surface area contributed by atoms with Crippen LogP contribution in [0.15, 0.2) is 29.3 Å². The fraction of sp³-hybridized carbons (Fsp3) is 0.500. The summed E-state index contributed by atoms with van der Waals surface area (Å²) in [4.78, 5) is 41.5. The third-order valence-electron chi connectivity index (χ3n) is 4.92. The minimum atomic E-state index is -0.545. The molecule has 0 spiro atoms. The maximum absolute atomic E-state index is 12.5. The van der Waals surface area contributed by atoms with Gasteiger partial charge in [-0.2, -0.15) is 0 Å². The number of morpholine rings is 1. The van der Waals surface area contributed by atoms with Crippen molar-refractivity contribution in [2.24, 2.45) is 0 Å². The van der Waals surface area contributed by atoms with Crippen molar-refractivity contribution in [2.75, 3.05) is 32.8 Å². The van der Waals surface area contributed by atoms with Gasteiger partial charge in [0.15, 0.2) is 0 Å². The molecule has 1 aliphatic heterocycles. The lowest BCUT2D eigenvalue weighted by atomic mass is 10.0. The molecule has 1 fully saturated rings. The van der Waals surface area contributed by atoms with E-state index in [0.29, 0.717) is 19.8 Å². The van der Waals surface area contributed by atoms with Crippen molar-refractivity contribution in [1.82, 2.24) is 19.8 Å². The van der Waals surface area contributed by atoms with E-state index in [0.717, 1.165) is 13.1 Å². The maximum Gasteiger partial charge on any atom is 0.271 e. The number of nitrogens with one attached hydrogen (secondary N) is 1. The van der Waals surface area contributed by atoms with Gasteiger partial charge < -0.3 is 10.1 Å². The highest BCUT2D eigenvalue weighted by atomic mass is 16.6. The normalized spacial score (nSPS) is 15.5. The molecule has 1 aliphatic rings. The molecule has 3 rings (SSSR count). The van der Waals surface area contributed by atoms with Crippen molar-refractivity contribution in [1.29, 1.82) is 0 Å². The Hall–Kier alpha value is -2.85. The van der Waals surface area contributed by atoms with E-state index in [9.17, 15) is 19.7 Å². The van der Waals surface area contributed by atoms with Crippen molar-refractivity contribution in [3.05, 3.63) is 45.0 Å². The van der Waals surface area contributed by atoms with Crippen molar-refractivity contribution < 1.29 is 14.5 Å². The first-order valence-corrected chi connectivity index (χ1v) is 9.01. The van der Waals surface area contributed by atoms with Gasteiger partial charge in [0.1, 0.15) is 6.54 Å². The lowest BCUT2D eigenvalue weighted by molar-refractivity contribution is -0.384. The topological polar surface area (TPSA) is 120 Å². The number of rotatable bonds is 6. The largest absolute Gasteiger partial charge is 0.379 e. The van der Waals surface area contributed by atoms with E-state index in [-0.39, 0.29) is 34.6 Å². The second-order valence-corrected chi connectivity index (χ2v) is 7.32. The van der Waals surface area contributed by atoms with Gasteiger partial charge in [0.2, 0.25) is 5.91 Å². The summed E-state index contributed by atoms with van der Waals surface area (Å²) in [5, 5.41) is 13.9. The van der Waals surface area contributed by atoms with Gasteiger partial charge in [0.05, 0.1) is 35.4 Å². The van der Waals surface area contributed by atoms with E-state index in [4.69, 9.17) is 4.74 Å². The summed E-state index contributed by atoms with van der Waals surface area (Å²) in [5.74, 6) is -0.300. The quantitative estimate of drug-likeness (QED) is 0.565. The lowest BCUT2D eigenvalue weighted by Crippen LogP contribution is -2.55. The SMILES string of the molecule is CC(C)(CNC(=O)Cn1cnc2cc([N+](=O)[O-])ccc2c1=O)N1CCOCC1. The van der Waals surface area contributed by atoms with Crippen molar-refractivity contribution >= 4 is 22.5 Å². The fourth-order valence-corrected chi connectivity index (χ4v) is 3.18. The molecule has 1 aromatic heterocycles. The summed E-state index contributed by atoms with van der Waals surface area (Å²) in [6.07, 6.45) is 1.24. The molecule has 10 heteroatoms. The van der Waals surface area contributed by atoms with Gasteiger partial charge in [0.25, 0.3) is 11.2 Å². The monoisotopic (exact) mass is 389 g/mol. The molecule has 2 aromatic rings. The van der Waals surface area contributed by atoms with Crippen LogP contribution in [0, 0.1) is 10.1 Å². The molecule has 10 nitrogen and oxygen atoms in total. The zero-order chi connectivity index (χ0) is 20.3. The first-order valence-electron chi connectivity index (χ1n) is 9.01. The molecule has 0 saturated carbocycles. The molecule has 2 heterocycles. The Morgan fingerprint density at radius 3 is 2.75 bits per heavy atom. The van der Waals surface area contributed by atoms with E-state index >= 15 is 0 Å². The predicted octanol–water partition coefficient (Wildman–Crippen LogP) is 0.532. The first kappa shape index (κ1) is 19.9. The molecule has 1 saturated heterocycles. The minimum Gasteiger partial charge on any atom is -0.379 e. The molecule has 0 atom stereocenters. The molecule has 150 valence electrons. The Morgan fingerprint density at radius 2 is 2.07 bits per heavy atom. The van der Waals surface area contributed by atoms with Gasteiger partial charge in [-0.25, -0.2) is 4.98 Å². The van der Waals surface area contributed by atoms with Crippen LogP contribution in [0.1, 0.15) is 13.8 Å². The van der Waals surface area contributed by atoms with Crippen LogP contribution in [-0.4, -0.2) is 63.7 Å². The van der Waals surface area contributed by atoms with Crippen LogP contribution >= 0.6 is 0 Å². The molecule has 1 aromatic carbocycles. The summed E-state index contributed by atoms with van der Waals surface area (Å²) >= 11 is 0. The Morgan fingerprint density at radius 1 is 1.36 bits per heavy atom. The van der Waals surface area contributed by atoms with Gasteiger partial charge in [-0.1, -0.05) is 0 Å². The van der Waals surface area contributed by atoms with Crippen LogP contribution in [-0.2, 0) is 16.1 Å². The number of fused-ring (bicyclic) bond motifs is 1. The minimum absolute atomic E-state index is 0.139. The number of nitro benzene ring substituents is 1. The van der Waals surface area contributed by atoms with E-state index < -0.39 is 10.5 Å². The van der Waals surface area contributed by atoms with Gasteiger partial charge >= 0.3 is 0 Å². The van der Waals surface area contributed by atoms with Crippen LogP contribution in [0.2, 0.25) is 0 Å². The van der Waals surface area contributed by atoms with Crippen molar-refractivity contribution in [2.45, 2.75) is 25.9 Å². The lowest BCUT2D eigenvalue weighted by Gasteiger charge is -2.40. The fourth-order valence-electron chi connectivity index (χ4n) is 3.18. The Balaban J connectivity index is 1.67. The van der Waals surface area contributed by atoms with Gasteiger partial charge in [-0.15, -0.1) is 0 Å².